The van der Waals surface area contributed by atoms with Crippen LogP contribution >= 0.6 is 0 Å². The van der Waals surface area contributed by atoms with Crippen molar-refractivity contribution in [3.05, 3.63) is 0 Å². The van der Waals surface area contributed by atoms with Gasteiger partial charge >= 0.3 is 5.96 Å². The van der Waals surface area contributed by atoms with Crippen molar-refractivity contribution in [1.29, 1.82) is 0 Å². The highest BCUT2D eigenvalue weighted by Gasteiger charge is 2.44. The third kappa shape index (κ3) is 12.2. The number of hydrogen-bond acceptors (Lipinski definition) is 9. The molecule has 7 atom stereocenters. The van der Waals surface area contributed by atoms with E-state index in [1.807, 2.05) is 13.8 Å². The van der Waals surface area contributed by atoms with Crippen LogP contribution in [0.15, 0.2) is 0 Å². The molecule has 12 N–H and O–H groups in total. The molecule has 20 nitrogen and oxygen atoms in total. The van der Waals surface area contributed by atoms with E-state index in [0.29, 0.717) is 58.0 Å². The first-order chi connectivity index (χ1) is 26.0. The molecule has 3 rings (SSSR count). The van der Waals surface area contributed by atoms with Crippen LogP contribution in [0, 0.1) is 5.92 Å². The number of carbonyl (C=O) groups is 8. The number of amides is 8. The van der Waals surface area contributed by atoms with Crippen molar-refractivity contribution in [2.24, 2.45) is 23.1 Å². The van der Waals surface area contributed by atoms with E-state index < -0.39 is 90.3 Å². The Morgan fingerprint density at radius 3 is 1.82 bits per heavy atom. The third-order valence-electron chi connectivity index (χ3n) is 10.1. The van der Waals surface area contributed by atoms with Crippen molar-refractivity contribution in [1.82, 2.24) is 36.0 Å². The van der Waals surface area contributed by atoms with Crippen LogP contribution in [-0.2, 0) is 38.4 Å². The van der Waals surface area contributed by atoms with Crippen molar-refractivity contribution < 1.29 is 48.5 Å². The Bertz CT molecular complexity index is 1470. The molecule has 3 aliphatic rings. The van der Waals surface area contributed by atoms with E-state index in [4.69, 9.17) is 17.2 Å². The number of guanidine groups is 1. The average molecular weight is 779 g/mol. The van der Waals surface area contributed by atoms with Gasteiger partial charge in [-0.25, -0.2) is 0 Å². The summed E-state index contributed by atoms with van der Waals surface area (Å²) in [6.45, 7) is 6.80. The Morgan fingerprint density at radius 1 is 0.709 bits per heavy atom. The molecular weight excluding hydrogens is 718 g/mol. The number of aliphatic hydroxyl groups is 1. The normalized spacial score (nSPS) is 21.6. The standard InChI is InChI=1S/C35H59N11O9/c1-19(2)17-23(43-30(51)24(18-47)41-21(4)48)29(50)42-22(9-5-13-39-35(37)38)33(54)45-15-7-11-26(45)31(52)40-20(3)32(53)46-16-8-12-27(46)34(55)44-14-6-10-25(44)28(36)49/h19-20,22-27,47H,5-18H2,1-4H3,(H2,36,49)(H,40,52)(H,41,48)(H,42,50)(H,43,51)(H4,37,38,39)/p+1/t20-,22-,23-,24-,25-,26-,27-/m0/s1. The predicted molar refractivity (Wildman–Crippen MR) is 197 cm³/mol. The van der Waals surface area contributed by atoms with Crippen LogP contribution < -0.4 is 43.5 Å². The van der Waals surface area contributed by atoms with E-state index in [9.17, 15) is 43.5 Å². The van der Waals surface area contributed by atoms with Gasteiger partial charge in [-0.3, -0.25) is 54.8 Å². The Balaban J connectivity index is 1.74. The molecule has 55 heavy (non-hydrogen) atoms. The average Bonchev–Trinajstić information content (AvgIpc) is 3.91. The van der Waals surface area contributed by atoms with Gasteiger partial charge in [0.15, 0.2) is 0 Å². The van der Waals surface area contributed by atoms with Crippen molar-refractivity contribution in [2.45, 2.75) is 128 Å². The third-order valence-corrected chi connectivity index (χ3v) is 10.1. The molecule has 0 saturated carbocycles. The van der Waals surface area contributed by atoms with Gasteiger partial charge in [-0.15, -0.1) is 0 Å². The highest BCUT2D eigenvalue weighted by Crippen LogP contribution is 2.26. The Morgan fingerprint density at radius 2 is 1.25 bits per heavy atom. The minimum absolute atomic E-state index is 0.0281. The Kier molecular flexibility index (Phi) is 16.6. The quantitative estimate of drug-likeness (QED) is 0.0359. The largest absolute Gasteiger partial charge is 0.394 e. The lowest BCUT2D eigenvalue weighted by Crippen LogP contribution is -2.78. The lowest BCUT2D eigenvalue weighted by molar-refractivity contribution is -0.459. The smallest absolute Gasteiger partial charge is 0.338 e. The summed E-state index contributed by atoms with van der Waals surface area (Å²) in [5.74, 6) is -4.64. The summed E-state index contributed by atoms with van der Waals surface area (Å²) in [7, 11) is 0. The van der Waals surface area contributed by atoms with Crippen LogP contribution in [0.25, 0.3) is 0 Å². The van der Waals surface area contributed by atoms with Gasteiger partial charge in [0.25, 0.3) is 0 Å². The number of nitrogens with zero attached hydrogens (tertiary/aromatic N) is 3. The van der Waals surface area contributed by atoms with E-state index in [1.165, 1.54) is 28.5 Å². The Labute approximate surface area is 321 Å². The fourth-order valence-corrected chi connectivity index (χ4v) is 7.41. The van der Waals surface area contributed by atoms with Gasteiger partial charge in [-0.1, -0.05) is 13.8 Å². The van der Waals surface area contributed by atoms with Crippen LogP contribution in [0.3, 0.4) is 0 Å². The van der Waals surface area contributed by atoms with Crippen LogP contribution in [0.4, 0.5) is 0 Å². The summed E-state index contributed by atoms with van der Waals surface area (Å²) >= 11 is 0. The topological polar surface area (TPSA) is 307 Å². The second-order valence-corrected chi connectivity index (χ2v) is 14.9. The van der Waals surface area contributed by atoms with Crippen molar-refractivity contribution in [3.63, 3.8) is 0 Å². The lowest BCUT2D eigenvalue weighted by atomic mass is 10.0. The van der Waals surface area contributed by atoms with E-state index in [0.717, 1.165) is 0 Å². The fourth-order valence-electron chi connectivity index (χ4n) is 7.41. The van der Waals surface area contributed by atoms with Crippen LogP contribution in [0.1, 0.15) is 85.5 Å². The SMILES string of the molecule is CC(=O)N[C@@H](CO)C(=O)N[C@@H](CC(C)C)C(=O)N[C@@H](CCC[NH+]=C(N)N)C(=O)N1CCC[C@H]1C(=O)N[C@@H](C)C(=O)N1CCC[C@H]1C(=O)N1CCC[C@H]1C(N)=O. The van der Waals surface area contributed by atoms with E-state index in [2.05, 4.69) is 26.3 Å². The molecule has 0 unspecified atom stereocenters. The van der Waals surface area contributed by atoms with E-state index >= 15 is 0 Å². The number of primary amides is 1. The molecule has 0 aliphatic carbocycles. The van der Waals surface area contributed by atoms with Gasteiger partial charge in [-0.05, 0) is 70.6 Å². The zero-order valence-electron chi connectivity index (χ0n) is 32.3. The first-order valence-electron chi connectivity index (χ1n) is 19.1. The molecular formula is C35H60N11O9+. The fraction of sp³-hybridized carbons (Fsp3) is 0.743. The molecule has 3 fully saturated rings. The molecule has 0 radical (unpaired) electrons. The molecule has 0 aromatic rings. The molecule has 0 aromatic carbocycles. The molecule has 0 aromatic heterocycles. The van der Waals surface area contributed by atoms with Crippen LogP contribution in [-0.4, -0.2) is 148 Å². The number of rotatable bonds is 18. The number of nitrogens with two attached hydrogens (primary N) is 3. The van der Waals surface area contributed by atoms with Gasteiger partial charge in [0.2, 0.25) is 47.3 Å². The summed E-state index contributed by atoms with van der Waals surface area (Å²) in [4.78, 5) is 112. The summed E-state index contributed by atoms with van der Waals surface area (Å²) < 4.78 is 0. The second kappa shape index (κ2) is 20.6. The van der Waals surface area contributed by atoms with Gasteiger partial charge in [-0.2, -0.15) is 0 Å². The summed E-state index contributed by atoms with van der Waals surface area (Å²) in [6, 6.07) is -7.06. The maximum atomic E-state index is 14.2. The zero-order chi connectivity index (χ0) is 41.0. The van der Waals surface area contributed by atoms with Gasteiger partial charge in [0.1, 0.15) is 42.3 Å². The number of carbonyl (C=O) groups excluding carboxylic acids is 8. The van der Waals surface area contributed by atoms with E-state index in [1.54, 1.807) is 0 Å². The second-order valence-electron chi connectivity index (χ2n) is 14.9. The number of aliphatic hydroxyl groups excluding tert-OH is 1. The number of likely N-dealkylation sites (tertiary alicyclic amines) is 3. The summed E-state index contributed by atoms with van der Waals surface area (Å²) in [5.41, 5.74) is 16.5. The lowest BCUT2D eigenvalue weighted by Gasteiger charge is -2.33. The molecule has 0 bridgehead atoms. The highest BCUT2D eigenvalue weighted by atomic mass is 16.3. The number of nitrogens with one attached hydrogen (secondary N) is 5. The minimum atomic E-state index is -1.30. The summed E-state index contributed by atoms with van der Waals surface area (Å²) in [5, 5.41) is 20.0. The van der Waals surface area contributed by atoms with E-state index in [-0.39, 0.29) is 43.7 Å². The predicted octanol–water partition coefficient (Wildman–Crippen LogP) is -5.40. The van der Waals surface area contributed by atoms with Gasteiger partial charge in [0, 0.05) is 26.6 Å². The molecule has 0 spiro atoms. The van der Waals surface area contributed by atoms with Gasteiger partial charge < -0.3 is 46.8 Å². The van der Waals surface area contributed by atoms with Gasteiger partial charge in [0.05, 0.1) is 13.2 Å². The summed E-state index contributed by atoms with van der Waals surface area (Å²) in [6.07, 6.45) is 3.46. The maximum absolute atomic E-state index is 14.2. The minimum Gasteiger partial charge on any atom is -0.394 e. The first-order valence-corrected chi connectivity index (χ1v) is 19.1. The monoisotopic (exact) mass is 778 g/mol. The highest BCUT2D eigenvalue weighted by molar-refractivity contribution is 5.98. The van der Waals surface area contributed by atoms with Crippen molar-refractivity contribution in [2.75, 3.05) is 32.8 Å². The van der Waals surface area contributed by atoms with Crippen LogP contribution in [0.2, 0.25) is 0 Å². The maximum Gasteiger partial charge on any atom is 0.338 e. The van der Waals surface area contributed by atoms with Crippen molar-refractivity contribution >= 4 is 53.2 Å². The Hall–Kier alpha value is -5.01. The first kappa shape index (κ1) is 44.4. The van der Waals surface area contributed by atoms with Crippen LogP contribution in [0.5, 0.6) is 0 Å². The molecule has 8 amide bonds. The molecule has 3 heterocycles. The molecule has 20 heteroatoms. The number of hydrogen-bond donors (Lipinski definition) is 9. The zero-order valence-corrected chi connectivity index (χ0v) is 32.3. The molecule has 3 saturated heterocycles. The van der Waals surface area contributed by atoms with Crippen molar-refractivity contribution in [3.8, 4) is 0 Å². The molecule has 308 valence electrons. The molecule has 3 aliphatic heterocycles.